The first kappa shape index (κ1) is 28.0. The van der Waals surface area contributed by atoms with E-state index in [1.807, 2.05) is 11.5 Å². The smallest absolute Gasteiger partial charge is 0.271 e. The van der Waals surface area contributed by atoms with Crippen molar-refractivity contribution in [2.75, 3.05) is 30.1 Å². The molecular weight excluding hydrogens is 556 g/mol. The highest BCUT2D eigenvalue weighted by atomic mass is 32.2. The summed E-state index contributed by atoms with van der Waals surface area (Å²) in [7, 11) is -3.74. The minimum atomic E-state index is -3.74. The number of alkyl halides is 2. The number of nitrogens with one attached hydrogen (secondary N) is 2. The molecule has 10 nitrogen and oxygen atoms in total. The molecule has 0 radical (unpaired) electrons. The average molecular weight is 590 g/mol. The molecule has 2 N–H and O–H groups in total. The van der Waals surface area contributed by atoms with Crippen LogP contribution in [0, 0.1) is 12.8 Å². The van der Waals surface area contributed by atoms with Crippen LogP contribution in [0.2, 0.25) is 0 Å². The number of imidazole rings is 1. The predicted octanol–water partition coefficient (Wildman–Crippen LogP) is 5.42. The van der Waals surface area contributed by atoms with Gasteiger partial charge in [0.15, 0.2) is 15.5 Å². The number of hydrogen-bond donors (Lipinski definition) is 2. The van der Waals surface area contributed by atoms with Crippen LogP contribution in [-0.2, 0) is 24.1 Å². The molecule has 2 aliphatic heterocycles. The van der Waals surface area contributed by atoms with Gasteiger partial charge in [-0.15, -0.1) is 0 Å². The largest absolute Gasteiger partial charge is 0.367 e. The number of carbonyl (C=O) groups is 1. The number of sulfone groups is 1. The topological polar surface area (TPSA) is 124 Å². The van der Waals surface area contributed by atoms with Gasteiger partial charge in [0.2, 0.25) is 5.91 Å². The highest BCUT2D eigenvalue weighted by molar-refractivity contribution is 7.90. The molecular formula is C28H33F2N5O5S. The number of ether oxygens (including phenoxy) is 2. The average Bonchev–Trinajstić information content (AvgIpc) is 3.72. The maximum Gasteiger partial charge on any atom is 0.271 e. The lowest BCUT2D eigenvalue weighted by molar-refractivity contribution is -0.145. The quantitative estimate of drug-likeness (QED) is 0.374. The molecule has 0 bridgehead atoms. The van der Waals surface area contributed by atoms with E-state index in [0.29, 0.717) is 40.7 Å². The number of halogens is 2. The molecule has 2 saturated heterocycles. The lowest BCUT2D eigenvalue weighted by Gasteiger charge is -2.29. The van der Waals surface area contributed by atoms with Crippen LogP contribution in [0.1, 0.15) is 68.7 Å². The van der Waals surface area contributed by atoms with Gasteiger partial charge in [0.1, 0.15) is 30.0 Å². The fourth-order valence-electron chi connectivity index (χ4n) is 5.45. The number of aryl methyl sites for hydroxylation is 1. The third-order valence-electron chi connectivity index (χ3n) is 7.78. The second-order valence-electron chi connectivity index (χ2n) is 11.2. The molecule has 3 aromatic rings. The Labute approximate surface area is 236 Å². The molecule has 1 unspecified atom stereocenters. The van der Waals surface area contributed by atoms with Gasteiger partial charge in [-0.1, -0.05) is 6.07 Å². The first-order chi connectivity index (χ1) is 19.5. The van der Waals surface area contributed by atoms with Crippen molar-refractivity contribution >= 4 is 44.1 Å². The van der Waals surface area contributed by atoms with E-state index in [4.69, 9.17) is 19.4 Å². The molecule has 3 fully saturated rings. The Balaban J connectivity index is 1.40. The summed E-state index contributed by atoms with van der Waals surface area (Å²) in [5.41, 5.74) is 2.27. The number of rotatable bonds is 7. The first-order valence-electron chi connectivity index (χ1n) is 13.9. The van der Waals surface area contributed by atoms with Crippen molar-refractivity contribution in [3.05, 3.63) is 35.7 Å². The van der Waals surface area contributed by atoms with Gasteiger partial charge >= 0.3 is 0 Å². The third kappa shape index (κ3) is 5.93. The van der Waals surface area contributed by atoms with Crippen LogP contribution in [0.25, 0.3) is 11.2 Å². The first-order valence-corrected chi connectivity index (χ1v) is 15.8. The fourth-order valence-corrected chi connectivity index (χ4v) is 6.32. The lowest BCUT2D eigenvalue weighted by Crippen LogP contribution is -2.31. The molecule has 1 aromatic carbocycles. The van der Waals surface area contributed by atoms with Crippen molar-refractivity contribution in [3.63, 3.8) is 0 Å². The molecule has 2 atom stereocenters. The SMILES string of the molecule is Cc1nc2c(Nc3ccc([C@H]4CCC(F)(F)CO4)cc3S(C)(=O)=O)cc(NC(=O)C3CC3)nc2n1C1CCCCO1. The molecule has 220 valence electrons. The molecule has 6 rings (SSSR count). The molecule has 0 spiro atoms. The van der Waals surface area contributed by atoms with E-state index in [2.05, 4.69) is 10.6 Å². The van der Waals surface area contributed by atoms with Crippen LogP contribution in [0.3, 0.4) is 0 Å². The van der Waals surface area contributed by atoms with Crippen LogP contribution >= 0.6 is 0 Å². The zero-order valence-electron chi connectivity index (χ0n) is 23.0. The number of amides is 1. The summed E-state index contributed by atoms with van der Waals surface area (Å²) in [4.78, 5) is 22.1. The number of hydrogen-bond acceptors (Lipinski definition) is 8. The Morgan fingerprint density at radius 1 is 1.07 bits per heavy atom. The molecule has 2 aromatic heterocycles. The second kappa shape index (κ2) is 10.6. The summed E-state index contributed by atoms with van der Waals surface area (Å²) >= 11 is 0. The molecule has 3 aliphatic rings. The van der Waals surface area contributed by atoms with Gasteiger partial charge in [0, 0.05) is 31.3 Å². The van der Waals surface area contributed by atoms with Crippen LogP contribution in [0.4, 0.5) is 26.0 Å². The molecule has 1 saturated carbocycles. The van der Waals surface area contributed by atoms with Crippen LogP contribution in [0.15, 0.2) is 29.2 Å². The second-order valence-corrected chi connectivity index (χ2v) is 13.2. The van der Waals surface area contributed by atoms with Gasteiger partial charge in [0.25, 0.3) is 5.92 Å². The third-order valence-corrected chi connectivity index (χ3v) is 8.92. The van der Waals surface area contributed by atoms with Crippen molar-refractivity contribution in [2.24, 2.45) is 5.92 Å². The van der Waals surface area contributed by atoms with E-state index >= 15 is 0 Å². The zero-order chi connectivity index (χ0) is 28.9. The Morgan fingerprint density at radius 3 is 2.54 bits per heavy atom. The van der Waals surface area contributed by atoms with E-state index < -0.39 is 28.5 Å². The van der Waals surface area contributed by atoms with E-state index in [1.165, 1.54) is 6.07 Å². The number of pyridine rings is 1. The highest BCUT2D eigenvalue weighted by Gasteiger charge is 2.37. The van der Waals surface area contributed by atoms with E-state index in [9.17, 15) is 22.0 Å². The summed E-state index contributed by atoms with van der Waals surface area (Å²) in [6.07, 6.45) is 4.40. The predicted molar refractivity (Wildman–Crippen MR) is 148 cm³/mol. The zero-order valence-corrected chi connectivity index (χ0v) is 23.8. The van der Waals surface area contributed by atoms with Crippen LogP contribution < -0.4 is 10.6 Å². The molecule has 1 amide bonds. The van der Waals surface area contributed by atoms with Gasteiger partial charge in [-0.2, -0.15) is 0 Å². The number of aromatic nitrogens is 3. The summed E-state index contributed by atoms with van der Waals surface area (Å²) in [6, 6.07) is 6.40. The minimum Gasteiger partial charge on any atom is -0.367 e. The number of benzene rings is 1. The van der Waals surface area contributed by atoms with Gasteiger partial charge in [0.05, 0.1) is 22.4 Å². The summed E-state index contributed by atoms with van der Waals surface area (Å²) < 4.78 is 66.4. The normalized spacial score (nSPS) is 22.9. The summed E-state index contributed by atoms with van der Waals surface area (Å²) in [5.74, 6) is -2.04. The van der Waals surface area contributed by atoms with Crippen molar-refractivity contribution in [3.8, 4) is 0 Å². The van der Waals surface area contributed by atoms with E-state index in [1.54, 1.807) is 18.2 Å². The van der Waals surface area contributed by atoms with Crippen molar-refractivity contribution in [2.45, 2.75) is 75.0 Å². The van der Waals surface area contributed by atoms with Crippen LogP contribution in [-0.4, -0.2) is 54.3 Å². The van der Waals surface area contributed by atoms with E-state index in [-0.39, 0.29) is 41.5 Å². The Kier molecular flexibility index (Phi) is 7.23. The molecule has 4 heterocycles. The number of fused-ring (bicyclic) bond motifs is 1. The van der Waals surface area contributed by atoms with Crippen molar-refractivity contribution in [1.29, 1.82) is 0 Å². The molecule has 13 heteroatoms. The van der Waals surface area contributed by atoms with Gasteiger partial charge in [-0.05, 0) is 63.1 Å². The Morgan fingerprint density at radius 2 is 1.88 bits per heavy atom. The number of carbonyl (C=O) groups excluding carboxylic acids is 1. The maximum absolute atomic E-state index is 13.6. The van der Waals surface area contributed by atoms with Gasteiger partial charge < -0.3 is 20.1 Å². The maximum atomic E-state index is 13.6. The van der Waals surface area contributed by atoms with Crippen molar-refractivity contribution < 1.29 is 31.5 Å². The van der Waals surface area contributed by atoms with Gasteiger partial charge in [-0.3, -0.25) is 9.36 Å². The monoisotopic (exact) mass is 589 g/mol. The van der Waals surface area contributed by atoms with Crippen LogP contribution in [0.5, 0.6) is 0 Å². The fraction of sp³-hybridized carbons (Fsp3) is 0.536. The molecule has 1 aliphatic carbocycles. The lowest BCUT2D eigenvalue weighted by atomic mass is 9.99. The van der Waals surface area contributed by atoms with Gasteiger partial charge in [-0.25, -0.2) is 27.2 Å². The molecule has 41 heavy (non-hydrogen) atoms. The summed E-state index contributed by atoms with van der Waals surface area (Å²) in [5, 5.41) is 6.12. The summed E-state index contributed by atoms with van der Waals surface area (Å²) in [6.45, 7) is 1.78. The highest BCUT2D eigenvalue weighted by Crippen LogP contribution is 2.39. The Bertz CT molecular complexity index is 1590. The van der Waals surface area contributed by atoms with Crippen molar-refractivity contribution in [1.82, 2.24) is 14.5 Å². The Hall–Kier alpha value is -3.16. The number of anilines is 3. The number of nitrogens with zero attached hydrogens (tertiary/aromatic N) is 3. The minimum absolute atomic E-state index is 0.00349. The van der Waals surface area contributed by atoms with E-state index in [0.717, 1.165) is 38.4 Å². The standard InChI is InChI=1S/C28H33F2N5O5S/c1-16-31-25-20(14-23(34-27(36)17-6-7-17)33-26(25)35(16)24-5-3-4-12-39-24)32-19-9-8-18(13-22(19)41(2,37)38)21-10-11-28(29,30)15-40-21/h8-9,13-14,17,21,24H,3-7,10-12,15H2,1-2H3,(H2,32,33,34,36)/t21-,24?/m1/s1.